The van der Waals surface area contributed by atoms with E-state index in [0.29, 0.717) is 6.42 Å². The van der Waals surface area contributed by atoms with Crippen LogP contribution in [0.3, 0.4) is 0 Å². The maximum Gasteiger partial charge on any atom is 0.226 e. The Bertz CT molecular complexity index is 1210. The smallest absolute Gasteiger partial charge is 0.226 e. The Morgan fingerprint density at radius 1 is 1.21 bits per heavy atom. The first kappa shape index (κ1) is 22.2. The lowest BCUT2D eigenvalue weighted by atomic mass is 10.0. The summed E-state index contributed by atoms with van der Waals surface area (Å²) in [4.78, 5) is 19.5. The van der Waals surface area contributed by atoms with Gasteiger partial charge in [0.15, 0.2) is 5.65 Å². The Kier molecular flexibility index (Phi) is 6.51. The number of nitrogens with zero attached hydrogens (tertiary/aromatic N) is 4. The van der Waals surface area contributed by atoms with Crippen molar-refractivity contribution in [2.24, 2.45) is 0 Å². The molecule has 6 nitrogen and oxygen atoms in total. The van der Waals surface area contributed by atoms with E-state index in [1.54, 1.807) is 6.20 Å². The molecule has 8 heteroatoms. The van der Waals surface area contributed by atoms with Gasteiger partial charge in [-0.15, -0.1) is 11.6 Å². The minimum absolute atomic E-state index is 0.0987. The Hall–Kier alpha value is -2.64. The fourth-order valence-corrected chi connectivity index (χ4v) is 5.03. The highest BCUT2D eigenvalue weighted by molar-refractivity contribution is 9.10. The molecule has 33 heavy (non-hydrogen) atoms. The quantitative estimate of drug-likeness (QED) is 0.471. The third-order valence-corrected chi connectivity index (χ3v) is 7.19. The number of allylic oxidation sites excluding steroid dienone is 4. The second-order valence-corrected chi connectivity index (χ2v) is 9.85. The van der Waals surface area contributed by atoms with Crippen LogP contribution in [0, 0.1) is 0 Å². The summed E-state index contributed by atoms with van der Waals surface area (Å²) < 4.78 is 2.66. The van der Waals surface area contributed by atoms with Crippen molar-refractivity contribution in [2.45, 2.75) is 37.1 Å². The first-order valence-corrected chi connectivity index (χ1v) is 12.4. The van der Waals surface area contributed by atoms with Crippen LogP contribution in [0.1, 0.15) is 30.5 Å². The van der Waals surface area contributed by atoms with Gasteiger partial charge in [-0.1, -0.05) is 48.6 Å². The Labute approximate surface area is 206 Å². The first-order valence-electron chi connectivity index (χ1n) is 11.2. The Morgan fingerprint density at radius 3 is 2.76 bits per heavy atom. The van der Waals surface area contributed by atoms with Crippen molar-refractivity contribution in [1.29, 1.82) is 0 Å². The highest BCUT2D eigenvalue weighted by atomic mass is 79.9. The average Bonchev–Trinajstić information content (AvgIpc) is 3.21. The standard InChI is InChI=1S/C25H25BrClN5O/c26-20-16-28-32-23(15-22(30-25(20)32)19-8-4-5-9-21(19)27)29-18-10-12-31(13-11-18)24(33)14-17-6-2-1-3-7-17/h1-8,15-16,18,21,29H,9-14H2. The Balaban J connectivity index is 1.30. The van der Waals surface area contributed by atoms with Crippen LogP contribution < -0.4 is 5.32 Å². The van der Waals surface area contributed by atoms with Gasteiger partial charge in [0.2, 0.25) is 5.91 Å². The third kappa shape index (κ3) is 4.84. The molecular formula is C25H25BrClN5O. The molecule has 170 valence electrons. The number of halogens is 2. The number of carbonyl (C=O) groups is 1. The summed E-state index contributed by atoms with van der Waals surface area (Å²) >= 11 is 10.1. The predicted octanol–water partition coefficient (Wildman–Crippen LogP) is 5.09. The molecule has 0 bridgehead atoms. The van der Waals surface area contributed by atoms with Crippen LogP contribution in [0.2, 0.25) is 0 Å². The number of amides is 1. The second-order valence-electron chi connectivity index (χ2n) is 8.47. The number of carbonyl (C=O) groups excluding carboxylic acids is 1. The maximum atomic E-state index is 12.7. The summed E-state index contributed by atoms with van der Waals surface area (Å²) in [6.45, 7) is 1.49. The molecule has 1 amide bonds. The van der Waals surface area contributed by atoms with Crippen molar-refractivity contribution in [3.05, 3.63) is 76.6 Å². The lowest BCUT2D eigenvalue weighted by Gasteiger charge is -2.33. The summed E-state index contributed by atoms with van der Waals surface area (Å²) in [5, 5.41) is 8.05. The van der Waals surface area contributed by atoms with Gasteiger partial charge in [-0.05, 0) is 46.3 Å². The molecule has 2 aromatic heterocycles. The number of piperidine rings is 1. The van der Waals surface area contributed by atoms with Crippen molar-refractivity contribution in [1.82, 2.24) is 19.5 Å². The number of alkyl halides is 1. The van der Waals surface area contributed by atoms with Crippen molar-refractivity contribution >= 4 is 50.5 Å². The fourth-order valence-electron chi connectivity index (χ4n) is 4.40. The topological polar surface area (TPSA) is 62.5 Å². The molecular weight excluding hydrogens is 502 g/mol. The van der Waals surface area contributed by atoms with Gasteiger partial charge in [-0.3, -0.25) is 4.79 Å². The van der Waals surface area contributed by atoms with Gasteiger partial charge in [0.25, 0.3) is 0 Å². The zero-order valence-corrected chi connectivity index (χ0v) is 20.5. The molecule has 1 unspecified atom stereocenters. The number of anilines is 1. The molecule has 1 aliphatic carbocycles. The van der Waals surface area contributed by atoms with Gasteiger partial charge in [0, 0.05) is 25.2 Å². The zero-order chi connectivity index (χ0) is 22.8. The van der Waals surface area contributed by atoms with E-state index in [1.165, 1.54) is 0 Å². The van der Waals surface area contributed by atoms with Gasteiger partial charge < -0.3 is 10.2 Å². The van der Waals surface area contributed by atoms with E-state index in [0.717, 1.165) is 65.1 Å². The average molecular weight is 527 g/mol. The largest absolute Gasteiger partial charge is 0.367 e. The lowest BCUT2D eigenvalue weighted by molar-refractivity contribution is -0.131. The van der Waals surface area contributed by atoms with Crippen LogP contribution in [0.5, 0.6) is 0 Å². The molecule has 3 heterocycles. The Morgan fingerprint density at radius 2 is 2.00 bits per heavy atom. The molecule has 1 N–H and O–H groups in total. The van der Waals surface area contributed by atoms with Crippen molar-refractivity contribution < 1.29 is 4.79 Å². The molecule has 2 aliphatic rings. The molecule has 1 saturated heterocycles. The van der Waals surface area contributed by atoms with Crippen LogP contribution >= 0.6 is 27.5 Å². The first-order chi connectivity index (χ1) is 16.1. The fraction of sp³-hybridized carbons (Fsp3) is 0.320. The molecule has 0 radical (unpaired) electrons. The molecule has 3 aromatic rings. The van der Waals surface area contributed by atoms with E-state index >= 15 is 0 Å². The number of fused-ring (bicyclic) bond motifs is 1. The summed E-state index contributed by atoms with van der Waals surface area (Å²) in [5.74, 6) is 1.07. The minimum atomic E-state index is -0.0987. The van der Waals surface area contributed by atoms with E-state index < -0.39 is 0 Å². The van der Waals surface area contributed by atoms with Crippen LogP contribution in [-0.4, -0.2) is 49.9 Å². The monoisotopic (exact) mass is 525 g/mol. The molecule has 0 saturated carbocycles. The highest BCUT2D eigenvalue weighted by Gasteiger charge is 2.25. The summed E-state index contributed by atoms with van der Waals surface area (Å²) in [7, 11) is 0. The number of benzene rings is 1. The number of hydrogen-bond acceptors (Lipinski definition) is 4. The normalized spacial score (nSPS) is 19.0. The summed E-state index contributed by atoms with van der Waals surface area (Å²) in [5.41, 5.74) is 3.68. The van der Waals surface area contributed by atoms with Crippen molar-refractivity contribution in [3.63, 3.8) is 0 Å². The van der Waals surface area contributed by atoms with Crippen molar-refractivity contribution in [2.75, 3.05) is 18.4 Å². The molecule has 0 spiro atoms. The van der Waals surface area contributed by atoms with Crippen molar-refractivity contribution in [3.8, 4) is 0 Å². The van der Waals surface area contributed by atoms with Crippen LogP contribution in [0.25, 0.3) is 11.2 Å². The molecule has 1 aromatic carbocycles. The second kappa shape index (κ2) is 9.69. The number of likely N-dealkylation sites (tertiary alicyclic amines) is 1. The molecule has 5 rings (SSSR count). The molecule has 1 atom stereocenters. The maximum absolute atomic E-state index is 12.7. The third-order valence-electron chi connectivity index (χ3n) is 6.21. The van der Waals surface area contributed by atoms with E-state index in [-0.39, 0.29) is 17.3 Å². The van der Waals surface area contributed by atoms with E-state index in [1.807, 2.05) is 58.0 Å². The van der Waals surface area contributed by atoms with Crippen LogP contribution in [0.4, 0.5) is 5.82 Å². The van der Waals surface area contributed by atoms with Gasteiger partial charge in [0.1, 0.15) is 5.82 Å². The molecule has 1 fully saturated rings. The zero-order valence-electron chi connectivity index (χ0n) is 18.1. The van der Waals surface area contributed by atoms with Crippen LogP contribution in [0.15, 0.2) is 65.3 Å². The van der Waals surface area contributed by atoms with E-state index in [2.05, 4.69) is 32.4 Å². The van der Waals surface area contributed by atoms with E-state index in [4.69, 9.17) is 16.6 Å². The van der Waals surface area contributed by atoms with Gasteiger partial charge in [-0.25, -0.2) is 4.98 Å². The highest BCUT2D eigenvalue weighted by Crippen LogP contribution is 2.31. The van der Waals surface area contributed by atoms with Gasteiger partial charge >= 0.3 is 0 Å². The SMILES string of the molecule is O=C(Cc1ccccc1)N1CCC(Nc2cc(C3=CC=CCC3Cl)nc3c(Br)cnn23)CC1. The van der Waals surface area contributed by atoms with Crippen LogP contribution in [-0.2, 0) is 11.2 Å². The number of hydrogen-bond donors (Lipinski definition) is 1. The number of rotatable bonds is 5. The summed E-state index contributed by atoms with van der Waals surface area (Å²) in [6.07, 6.45) is 10.9. The minimum Gasteiger partial charge on any atom is -0.367 e. The predicted molar refractivity (Wildman–Crippen MR) is 135 cm³/mol. The lowest BCUT2D eigenvalue weighted by Crippen LogP contribution is -2.43. The van der Waals surface area contributed by atoms with E-state index in [9.17, 15) is 4.79 Å². The van der Waals surface area contributed by atoms with Gasteiger partial charge in [-0.2, -0.15) is 9.61 Å². The van der Waals surface area contributed by atoms with Gasteiger partial charge in [0.05, 0.1) is 28.2 Å². The number of aromatic nitrogens is 3. The molecule has 1 aliphatic heterocycles. The summed E-state index contributed by atoms with van der Waals surface area (Å²) in [6, 6.07) is 12.2. The number of nitrogens with one attached hydrogen (secondary N) is 1.